The molecule has 1 aliphatic rings. The maximum atomic E-state index is 14.0. The van der Waals surface area contributed by atoms with Gasteiger partial charge in [-0.15, -0.1) is 0 Å². The van der Waals surface area contributed by atoms with Crippen LogP contribution in [0.15, 0.2) is 53.5 Å². The SMILES string of the molecule is NC1=NCC(c2cc(F)ccc2F)N1Cc1ccccc1. The maximum absolute atomic E-state index is 14.0. The fraction of sp³-hybridized carbons (Fsp3) is 0.188. The minimum atomic E-state index is -0.462. The number of nitrogens with two attached hydrogens (primary N) is 1. The Balaban J connectivity index is 1.90. The van der Waals surface area contributed by atoms with E-state index < -0.39 is 11.6 Å². The summed E-state index contributed by atoms with van der Waals surface area (Å²) in [5, 5.41) is 0. The highest BCUT2D eigenvalue weighted by atomic mass is 19.1. The van der Waals surface area contributed by atoms with Crippen molar-refractivity contribution in [3.63, 3.8) is 0 Å². The van der Waals surface area contributed by atoms with Crippen LogP contribution in [0.2, 0.25) is 0 Å². The van der Waals surface area contributed by atoms with E-state index >= 15 is 0 Å². The van der Waals surface area contributed by atoms with E-state index in [4.69, 9.17) is 5.73 Å². The van der Waals surface area contributed by atoms with Gasteiger partial charge in [-0.05, 0) is 23.8 Å². The molecule has 0 saturated carbocycles. The Hall–Kier alpha value is -2.43. The number of benzene rings is 2. The second kappa shape index (κ2) is 5.52. The predicted molar refractivity (Wildman–Crippen MR) is 77.6 cm³/mol. The molecule has 3 rings (SSSR count). The third kappa shape index (κ3) is 2.72. The van der Waals surface area contributed by atoms with Crippen molar-refractivity contribution in [3.05, 3.63) is 71.3 Å². The minimum absolute atomic E-state index is 0.287. The van der Waals surface area contributed by atoms with Crippen molar-refractivity contribution >= 4 is 5.96 Å². The summed E-state index contributed by atoms with van der Waals surface area (Å²) in [4.78, 5) is 5.97. The van der Waals surface area contributed by atoms with Gasteiger partial charge in [-0.3, -0.25) is 4.99 Å². The molecule has 0 amide bonds. The first-order valence-electron chi connectivity index (χ1n) is 6.70. The van der Waals surface area contributed by atoms with Crippen molar-refractivity contribution < 1.29 is 8.78 Å². The Labute approximate surface area is 121 Å². The molecular formula is C16H15F2N3. The molecule has 0 fully saturated rings. The van der Waals surface area contributed by atoms with E-state index in [9.17, 15) is 8.78 Å². The molecule has 5 heteroatoms. The first kappa shape index (κ1) is 13.5. The summed E-state index contributed by atoms with van der Waals surface area (Å²) in [6.45, 7) is 0.843. The van der Waals surface area contributed by atoms with Crippen LogP contribution in [0, 0.1) is 11.6 Å². The van der Waals surface area contributed by atoms with Gasteiger partial charge in [-0.1, -0.05) is 30.3 Å². The van der Waals surface area contributed by atoms with Gasteiger partial charge in [0.15, 0.2) is 5.96 Å². The molecule has 108 valence electrons. The fourth-order valence-electron chi connectivity index (χ4n) is 2.54. The minimum Gasteiger partial charge on any atom is -0.370 e. The van der Waals surface area contributed by atoms with Crippen LogP contribution >= 0.6 is 0 Å². The van der Waals surface area contributed by atoms with E-state index in [-0.39, 0.29) is 11.6 Å². The lowest BCUT2D eigenvalue weighted by molar-refractivity contribution is 0.330. The average Bonchev–Trinajstić information content (AvgIpc) is 2.84. The summed E-state index contributed by atoms with van der Waals surface area (Å²) >= 11 is 0. The molecule has 0 spiro atoms. The third-order valence-corrected chi connectivity index (χ3v) is 3.61. The molecule has 3 nitrogen and oxygen atoms in total. The van der Waals surface area contributed by atoms with E-state index in [1.165, 1.54) is 6.07 Å². The summed E-state index contributed by atoms with van der Waals surface area (Å²) in [6, 6.07) is 12.8. The molecular weight excluding hydrogens is 272 g/mol. The smallest absolute Gasteiger partial charge is 0.192 e. The van der Waals surface area contributed by atoms with Crippen molar-refractivity contribution in [1.82, 2.24) is 4.90 Å². The maximum Gasteiger partial charge on any atom is 0.192 e. The van der Waals surface area contributed by atoms with Crippen LogP contribution in [0.1, 0.15) is 17.2 Å². The van der Waals surface area contributed by atoms with Gasteiger partial charge in [-0.25, -0.2) is 8.78 Å². The Morgan fingerprint density at radius 1 is 1.14 bits per heavy atom. The molecule has 21 heavy (non-hydrogen) atoms. The van der Waals surface area contributed by atoms with Gasteiger partial charge in [0.25, 0.3) is 0 Å². The molecule has 0 saturated heterocycles. The molecule has 2 aromatic carbocycles. The van der Waals surface area contributed by atoms with Crippen LogP contribution in [0.3, 0.4) is 0 Å². The van der Waals surface area contributed by atoms with Crippen molar-refractivity contribution in [2.45, 2.75) is 12.6 Å². The quantitative estimate of drug-likeness (QED) is 0.943. The Morgan fingerprint density at radius 3 is 2.67 bits per heavy atom. The largest absolute Gasteiger partial charge is 0.370 e. The first-order chi connectivity index (χ1) is 10.1. The van der Waals surface area contributed by atoms with Crippen LogP contribution < -0.4 is 5.73 Å². The molecule has 1 heterocycles. The van der Waals surface area contributed by atoms with E-state index in [1.54, 1.807) is 4.90 Å². The molecule has 0 aliphatic carbocycles. The molecule has 1 atom stereocenters. The number of guanidine groups is 1. The van der Waals surface area contributed by atoms with Crippen LogP contribution in [-0.4, -0.2) is 17.4 Å². The van der Waals surface area contributed by atoms with E-state index in [1.807, 2.05) is 30.3 Å². The normalized spacial score (nSPS) is 17.9. The highest BCUT2D eigenvalue weighted by Crippen LogP contribution is 2.29. The summed E-state index contributed by atoms with van der Waals surface area (Å²) in [5.41, 5.74) is 7.23. The number of hydrogen-bond donors (Lipinski definition) is 1. The monoisotopic (exact) mass is 287 g/mol. The van der Waals surface area contributed by atoms with Crippen LogP contribution in [0.5, 0.6) is 0 Å². The lowest BCUT2D eigenvalue weighted by atomic mass is 10.0. The number of rotatable bonds is 3. The Morgan fingerprint density at radius 2 is 1.90 bits per heavy atom. The number of halogens is 2. The average molecular weight is 287 g/mol. The van der Waals surface area contributed by atoms with Crippen LogP contribution in [-0.2, 0) is 6.54 Å². The van der Waals surface area contributed by atoms with Crippen LogP contribution in [0.4, 0.5) is 8.78 Å². The highest BCUT2D eigenvalue weighted by Gasteiger charge is 2.29. The van der Waals surface area contributed by atoms with E-state index in [0.29, 0.717) is 19.0 Å². The van der Waals surface area contributed by atoms with Crippen molar-refractivity contribution in [2.24, 2.45) is 10.7 Å². The summed E-state index contributed by atoms with van der Waals surface area (Å²) in [7, 11) is 0. The van der Waals surface area contributed by atoms with Crippen molar-refractivity contribution in [1.29, 1.82) is 0 Å². The van der Waals surface area contributed by atoms with E-state index in [2.05, 4.69) is 4.99 Å². The third-order valence-electron chi connectivity index (χ3n) is 3.61. The van der Waals surface area contributed by atoms with Crippen LogP contribution in [0.25, 0.3) is 0 Å². The number of hydrogen-bond acceptors (Lipinski definition) is 3. The molecule has 0 aromatic heterocycles. The summed E-state index contributed by atoms with van der Waals surface area (Å²) in [6.07, 6.45) is 0. The lowest BCUT2D eigenvalue weighted by Crippen LogP contribution is -2.35. The molecule has 2 N–H and O–H groups in total. The number of nitrogens with zero attached hydrogens (tertiary/aromatic N) is 2. The topological polar surface area (TPSA) is 41.6 Å². The zero-order valence-electron chi connectivity index (χ0n) is 11.3. The molecule has 0 bridgehead atoms. The van der Waals surface area contributed by atoms with Crippen molar-refractivity contribution in [3.8, 4) is 0 Å². The summed E-state index contributed by atoms with van der Waals surface area (Å²) in [5.74, 6) is -0.548. The Bertz CT molecular complexity index is 670. The zero-order valence-corrected chi connectivity index (χ0v) is 11.3. The van der Waals surface area contributed by atoms with Crippen molar-refractivity contribution in [2.75, 3.05) is 6.54 Å². The summed E-state index contributed by atoms with van der Waals surface area (Å²) < 4.78 is 27.4. The van der Waals surface area contributed by atoms with Gasteiger partial charge >= 0.3 is 0 Å². The van der Waals surface area contributed by atoms with Gasteiger partial charge < -0.3 is 10.6 Å². The standard InChI is InChI=1S/C16H15F2N3/c17-12-6-7-14(18)13(8-12)15-9-20-16(19)21(15)10-11-4-2-1-3-5-11/h1-8,15H,9-10H2,(H2,19,20). The first-order valence-corrected chi connectivity index (χ1v) is 6.70. The zero-order chi connectivity index (χ0) is 14.8. The molecule has 0 radical (unpaired) electrons. The van der Waals surface area contributed by atoms with Gasteiger partial charge in [0, 0.05) is 12.1 Å². The second-order valence-electron chi connectivity index (χ2n) is 4.99. The molecule has 1 unspecified atom stereocenters. The highest BCUT2D eigenvalue weighted by molar-refractivity contribution is 5.80. The lowest BCUT2D eigenvalue weighted by Gasteiger charge is -2.27. The molecule has 1 aliphatic heterocycles. The second-order valence-corrected chi connectivity index (χ2v) is 4.99. The molecule has 2 aromatic rings. The predicted octanol–water partition coefficient (Wildman–Crippen LogP) is 2.84. The van der Waals surface area contributed by atoms with Gasteiger partial charge in [0.1, 0.15) is 11.6 Å². The van der Waals surface area contributed by atoms with Gasteiger partial charge in [-0.2, -0.15) is 0 Å². The van der Waals surface area contributed by atoms with Gasteiger partial charge in [0.05, 0.1) is 12.6 Å². The van der Waals surface area contributed by atoms with E-state index in [0.717, 1.165) is 17.7 Å². The fourth-order valence-corrected chi connectivity index (χ4v) is 2.54. The Kier molecular flexibility index (Phi) is 3.56. The number of aliphatic imine (C=N–C) groups is 1. The van der Waals surface area contributed by atoms with Gasteiger partial charge in [0.2, 0.25) is 0 Å².